The molecule has 5 nitrogen and oxygen atoms in total. The summed E-state index contributed by atoms with van der Waals surface area (Å²) in [5.41, 5.74) is -1.09. The molecule has 1 aromatic heterocycles. The van der Waals surface area contributed by atoms with Crippen LogP contribution in [0, 0.1) is 17.2 Å². The van der Waals surface area contributed by atoms with Gasteiger partial charge in [-0.3, -0.25) is 14.3 Å². The third kappa shape index (κ3) is 2.60. The Bertz CT molecular complexity index is 503. The quantitative estimate of drug-likeness (QED) is 0.818. The standard InChI is InChI=1S/C11H15N3O2/c1-3-8(4-2)6-14-7-9(5-12)10(15)13-11(14)16/h7-8H,3-4,6H2,1-2H3,(H,13,15,16). The SMILES string of the molecule is CCC(CC)Cn1cc(C#N)c(=O)[nH]c1=O. The van der Waals surface area contributed by atoms with E-state index in [1.54, 1.807) is 6.07 Å². The van der Waals surface area contributed by atoms with Crippen LogP contribution < -0.4 is 11.2 Å². The van der Waals surface area contributed by atoms with Crippen molar-refractivity contribution < 1.29 is 0 Å². The Morgan fingerprint density at radius 1 is 1.44 bits per heavy atom. The van der Waals surface area contributed by atoms with Gasteiger partial charge in [0.25, 0.3) is 5.56 Å². The molecule has 0 unspecified atom stereocenters. The van der Waals surface area contributed by atoms with Gasteiger partial charge in [-0.1, -0.05) is 26.7 Å². The van der Waals surface area contributed by atoms with Gasteiger partial charge in [0.2, 0.25) is 0 Å². The largest absolute Gasteiger partial charge is 0.328 e. The van der Waals surface area contributed by atoms with E-state index in [0.29, 0.717) is 12.5 Å². The molecule has 0 saturated heterocycles. The molecule has 0 aromatic carbocycles. The smallest absolute Gasteiger partial charge is 0.299 e. The molecule has 1 rings (SSSR count). The van der Waals surface area contributed by atoms with Crippen LogP contribution in [-0.2, 0) is 6.54 Å². The number of hydrogen-bond donors (Lipinski definition) is 1. The van der Waals surface area contributed by atoms with Crippen molar-refractivity contribution in [3.63, 3.8) is 0 Å². The molecule has 0 aliphatic carbocycles. The Kier molecular flexibility index (Phi) is 4.06. The first-order valence-electron chi connectivity index (χ1n) is 5.36. The Labute approximate surface area is 93.4 Å². The van der Waals surface area contributed by atoms with Crippen molar-refractivity contribution in [3.8, 4) is 6.07 Å². The van der Waals surface area contributed by atoms with Crippen molar-refractivity contribution >= 4 is 0 Å². The summed E-state index contributed by atoms with van der Waals surface area (Å²) in [5, 5.41) is 8.70. The number of hydrogen-bond acceptors (Lipinski definition) is 3. The fourth-order valence-corrected chi connectivity index (χ4v) is 1.55. The zero-order valence-electron chi connectivity index (χ0n) is 9.49. The fraction of sp³-hybridized carbons (Fsp3) is 0.545. The minimum Gasteiger partial charge on any atom is -0.299 e. The summed E-state index contributed by atoms with van der Waals surface area (Å²) >= 11 is 0. The molecule has 0 aliphatic rings. The maximum absolute atomic E-state index is 11.5. The molecule has 5 heteroatoms. The maximum Gasteiger partial charge on any atom is 0.328 e. The zero-order chi connectivity index (χ0) is 12.1. The van der Waals surface area contributed by atoms with Crippen LogP contribution in [0.15, 0.2) is 15.8 Å². The number of nitriles is 1. The van der Waals surface area contributed by atoms with Gasteiger partial charge in [0.15, 0.2) is 0 Å². The van der Waals surface area contributed by atoms with Gasteiger partial charge in [0.1, 0.15) is 11.6 Å². The van der Waals surface area contributed by atoms with Crippen molar-refractivity contribution in [2.45, 2.75) is 33.2 Å². The van der Waals surface area contributed by atoms with E-state index >= 15 is 0 Å². The summed E-state index contributed by atoms with van der Waals surface area (Å²) < 4.78 is 1.40. The normalized spacial score (nSPS) is 10.4. The lowest BCUT2D eigenvalue weighted by atomic mass is 10.0. The molecule has 0 radical (unpaired) electrons. The van der Waals surface area contributed by atoms with Crippen LogP contribution in [0.3, 0.4) is 0 Å². The Balaban J connectivity index is 3.11. The lowest BCUT2D eigenvalue weighted by Gasteiger charge is -2.13. The van der Waals surface area contributed by atoms with Crippen LogP contribution in [0.2, 0.25) is 0 Å². The highest BCUT2D eigenvalue weighted by Crippen LogP contribution is 2.08. The molecule has 16 heavy (non-hydrogen) atoms. The van der Waals surface area contributed by atoms with Crippen LogP contribution in [0.25, 0.3) is 0 Å². The monoisotopic (exact) mass is 221 g/mol. The first-order valence-corrected chi connectivity index (χ1v) is 5.36. The van der Waals surface area contributed by atoms with E-state index in [4.69, 9.17) is 5.26 Å². The highest BCUT2D eigenvalue weighted by molar-refractivity contribution is 5.21. The van der Waals surface area contributed by atoms with E-state index in [1.165, 1.54) is 10.8 Å². The van der Waals surface area contributed by atoms with E-state index < -0.39 is 11.2 Å². The molecule has 1 aromatic rings. The summed E-state index contributed by atoms with van der Waals surface area (Å²) in [7, 11) is 0. The van der Waals surface area contributed by atoms with Gasteiger partial charge in [-0.2, -0.15) is 5.26 Å². The maximum atomic E-state index is 11.5. The molecule has 0 spiro atoms. The van der Waals surface area contributed by atoms with Crippen LogP contribution in [-0.4, -0.2) is 9.55 Å². The van der Waals surface area contributed by atoms with Gasteiger partial charge < -0.3 is 0 Å². The third-order valence-corrected chi connectivity index (χ3v) is 2.74. The van der Waals surface area contributed by atoms with Crippen LogP contribution in [0.5, 0.6) is 0 Å². The van der Waals surface area contributed by atoms with Crippen molar-refractivity contribution in [1.29, 1.82) is 5.26 Å². The minimum atomic E-state index is -0.617. The highest BCUT2D eigenvalue weighted by atomic mass is 16.2. The first-order chi connectivity index (χ1) is 7.62. The molecular weight excluding hydrogens is 206 g/mol. The molecule has 0 saturated carbocycles. The summed E-state index contributed by atoms with van der Waals surface area (Å²) in [6.07, 6.45) is 3.26. The van der Waals surface area contributed by atoms with Crippen molar-refractivity contribution in [2.24, 2.45) is 5.92 Å². The van der Waals surface area contributed by atoms with Gasteiger partial charge in [-0.25, -0.2) is 4.79 Å². The second-order valence-electron chi connectivity index (χ2n) is 3.75. The number of aromatic amines is 1. The number of aromatic nitrogens is 2. The molecule has 86 valence electrons. The number of H-pyrrole nitrogens is 1. The lowest BCUT2D eigenvalue weighted by molar-refractivity contribution is 0.407. The Morgan fingerprint density at radius 3 is 2.56 bits per heavy atom. The fourth-order valence-electron chi connectivity index (χ4n) is 1.55. The van der Waals surface area contributed by atoms with E-state index in [1.807, 2.05) is 0 Å². The number of nitrogens with zero attached hydrogens (tertiary/aromatic N) is 2. The van der Waals surface area contributed by atoms with E-state index in [9.17, 15) is 9.59 Å². The van der Waals surface area contributed by atoms with Gasteiger partial charge in [0, 0.05) is 12.7 Å². The molecule has 0 aliphatic heterocycles. The first kappa shape index (κ1) is 12.2. The highest BCUT2D eigenvalue weighted by Gasteiger charge is 2.08. The van der Waals surface area contributed by atoms with Crippen molar-refractivity contribution in [1.82, 2.24) is 9.55 Å². The number of rotatable bonds is 4. The van der Waals surface area contributed by atoms with Gasteiger partial charge >= 0.3 is 5.69 Å². The predicted molar refractivity (Wildman–Crippen MR) is 60.1 cm³/mol. The second kappa shape index (κ2) is 5.31. The van der Waals surface area contributed by atoms with Crippen molar-refractivity contribution in [3.05, 3.63) is 32.6 Å². The molecule has 1 heterocycles. The van der Waals surface area contributed by atoms with Gasteiger partial charge in [0.05, 0.1) is 0 Å². The summed E-state index contributed by atoms with van der Waals surface area (Å²) in [6, 6.07) is 1.77. The van der Waals surface area contributed by atoms with Gasteiger partial charge in [-0.05, 0) is 5.92 Å². The Morgan fingerprint density at radius 2 is 2.06 bits per heavy atom. The van der Waals surface area contributed by atoms with Crippen molar-refractivity contribution in [2.75, 3.05) is 0 Å². The molecule has 0 fully saturated rings. The van der Waals surface area contributed by atoms with E-state index in [0.717, 1.165) is 12.8 Å². The molecule has 1 N–H and O–H groups in total. The summed E-state index contributed by atoms with van der Waals surface area (Å²) in [6.45, 7) is 4.64. The second-order valence-corrected chi connectivity index (χ2v) is 3.75. The molecule has 0 amide bonds. The zero-order valence-corrected chi connectivity index (χ0v) is 9.49. The van der Waals surface area contributed by atoms with E-state index in [2.05, 4.69) is 18.8 Å². The van der Waals surface area contributed by atoms with Crippen LogP contribution in [0.4, 0.5) is 0 Å². The van der Waals surface area contributed by atoms with Gasteiger partial charge in [-0.15, -0.1) is 0 Å². The van der Waals surface area contributed by atoms with E-state index in [-0.39, 0.29) is 5.56 Å². The molecular formula is C11H15N3O2. The Hall–Kier alpha value is -1.83. The predicted octanol–water partition coefficient (Wildman–Crippen LogP) is 0.844. The minimum absolute atomic E-state index is 0.0226. The number of nitrogens with one attached hydrogen (secondary N) is 1. The third-order valence-electron chi connectivity index (χ3n) is 2.74. The van der Waals surface area contributed by atoms with Crippen LogP contribution >= 0.6 is 0 Å². The summed E-state index contributed by atoms with van der Waals surface area (Å²) in [5.74, 6) is 0.384. The molecule has 0 bridgehead atoms. The summed E-state index contributed by atoms with van der Waals surface area (Å²) in [4.78, 5) is 24.8. The topological polar surface area (TPSA) is 78.7 Å². The molecule has 0 atom stereocenters. The average Bonchev–Trinajstić information content (AvgIpc) is 2.28. The lowest BCUT2D eigenvalue weighted by Crippen LogP contribution is -2.32. The average molecular weight is 221 g/mol. The van der Waals surface area contributed by atoms with Crippen LogP contribution in [0.1, 0.15) is 32.3 Å².